The summed E-state index contributed by atoms with van der Waals surface area (Å²) in [6.45, 7) is 10.4. The maximum absolute atomic E-state index is 13.0. The molecule has 242 valence electrons. The van der Waals surface area contributed by atoms with Crippen LogP contribution in [0.25, 0.3) is 0 Å². The highest BCUT2D eigenvalue weighted by molar-refractivity contribution is 6.09. The van der Waals surface area contributed by atoms with E-state index < -0.39 is 53.9 Å². The van der Waals surface area contributed by atoms with Crippen LogP contribution in [0.15, 0.2) is 47.5 Å². The third-order valence-electron chi connectivity index (χ3n) is 7.83. The molecule has 0 unspecified atom stereocenters. The molecule has 1 aliphatic heterocycles. The summed E-state index contributed by atoms with van der Waals surface area (Å²) in [6, 6.07) is 12.8. The van der Waals surface area contributed by atoms with Crippen molar-refractivity contribution in [3.05, 3.63) is 59.4 Å². The highest BCUT2D eigenvalue weighted by Crippen LogP contribution is 2.41. The van der Waals surface area contributed by atoms with Gasteiger partial charge in [-0.1, -0.05) is 71.9 Å². The van der Waals surface area contributed by atoms with Crippen LogP contribution in [0.5, 0.6) is 0 Å². The van der Waals surface area contributed by atoms with Crippen LogP contribution in [0, 0.1) is 34.0 Å². The number of rotatable bonds is 11. The number of amidine groups is 1. The SMILES string of the molecule is CC(C)[C@@H](C)C(=O)NC(=NC=N)c1ccc([C@]2(C#N)O[C@H](COC(=O)Cc3ccccc3)[C@@H](OC(=O)[C@@H](N)C(C)(C)C)[C@H]2O)[nH]1. The minimum absolute atomic E-state index is 0.0137. The van der Waals surface area contributed by atoms with E-state index in [2.05, 4.69) is 15.3 Å². The molecule has 0 radical (unpaired) electrons. The summed E-state index contributed by atoms with van der Waals surface area (Å²) in [7, 11) is 0. The monoisotopic (exact) mass is 622 g/mol. The normalized spacial score (nSPS) is 23.1. The van der Waals surface area contributed by atoms with Gasteiger partial charge in [-0.15, -0.1) is 0 Å². The fraction of sp³-hybridized carbons (Fsp3) is 0.500. The van der Waals surface area contributed by atoms with Crippen LogP contribution in [0.4, 0.5) is 0 Å². The van der Waals surface area contributed by atoms with Gasteiger partial charge in [-0.25, -0.2) is 4.99 Å². The summed E-state index contributed by atoms with van der Waals surface area (Å²) in [5.41, 5.74) is 4.31. The molecular formula is C32H42N6O7. The van der Waals surface area contributed by atoms with E-state index in [9.17, 15) is 24.8 Å². The van der Waals surface area contributed by atoms with Crippen LogP contribution in [-0.2, 0) is 40.6 Å². The lowest BCUT2D eigenvalue weighted by atomic mass is 9.87. The van der Waals surface area contributed by atoms with E-state index in [0.717, 1.165) is 11.9 Å². The molecule has 1 aliphatic rings. The Morgan fingerprint density at radius 3 is 2.47 bits per heavy atom. The second-order valence-electron chi connectivity index (χ2n) is 12.5. The molecule has 6 N–H and O–H groups in total. The second-order valence-corrected chi connectivity index (χ2v) is 12.5. The third-order valence-corrected chi connectivity index (χ3v) is 7.83. The van der Waals surface area contributed by atoms with Crippen molar-refractivity contribution in [2.24, 2.45) is 28.0 Å². The van der Waals surface area contributed by atoms with Crippen LogP contribution in [-0.4, -0.2) is 71.1 Å². The van der Waals surface area contributed by atoms with Crippen molar-refractivity contribution in [2.75, 3.05) is 6.61 Å². The number of aliphatic hydroxyl groups is 1. The number of hydrogen-bond donors (Lipinski definition) is 5. The Bertz CT molecular complexity index is 1440. The predicted octanol–water partition coefficient (Wildman–Crippen LogP) is 2.33. The molecule has 0 bridgehead atoms. The Hall–Kier alpha value is -4.38. The van der Waals surface area contributed by atoms with E-state index in [1.165, 1.54) is 12.1 Å². The van der Waals surface area contributed by atoms with Crippen LogP contribution >= 0.6 is 0 Å². The van der Waals surface area contributed by atoms with E-state index in [4.69, 9.17) is 25.4 Å². The fourth-order valence-corrected chi connectivity index (χ4v) is 4.52. The molecule has 2 heterocycles. The number of aliphatic imine (C=N–C) groups is 1. The summed E-state index contributed by atoms with van der Waals surface area (Å²) in [5.74, 6) is -2.06. The lowest BCUT2D eigenvalue weighted by Gasteiger charge is -2.28. The van der Waals surface area contributed by atoms with E-state index >= 15 is 0 Å². The number of esters is 2. The van der Waals surface area contributed by atoms with Crippen molar-refractivity contribution in [2.45, 2.75) is 77.9 Å². The number of aliphatic hydroxyl groups excluding tert-OH is 1. The molecule has 2 aromatic rings. The second kappa shape index (κ2) is 14.6. The fourth-order valence-electron chi connectivity index (χ4n) is 4.52. The molecule has 3 rings (SSSR count). The first-order valence-electron chi connectivity index (χ1n) is 14.6. The van der Waals surface area contributed by atoms with Crippen molar-refractivity contribution < 1.29 is 33.7 Å². The van der Waals surface area contributed by atoms with Gasteiger partial charge in [0.1, 0.15) is 37.3 Å². The molecule has 6 atom stereocenters. The van der Waals surface area contributed by atoms with Gasteiger partial charge < -0.3 is 35.4 Å². The predicted molar refractivity (Wildman–Crippen MR) is 165 cm³/mol. The Kier molecular flexibility index (Phi) is 11.4. The summed E-state index contributed by atoms with van der Waals surface area (Å²) < 4.78 is 17.2. The number of aromatic nitrogens is 1. The number of ether oxygens (including phenoxy) is 3. The minimum Gasteiger partial charge on any atom is -0.463 e. The zero-order valence-corrected chi connectivity index (χ0v) is 26.4. The van der Waals surface area contributed by atoms with Crippen LogP contribution < -0.4 is 11.1 Å². The molecule has 1 amide bonds. The Morgan fingerprint density at radius 1 is 1.22 bits per heavy atom. The average Bonchev–Trinajstić information content (AvgIpc) is 3.59. The number of nitrogens with one attached hydrogen (secondary N) is 3. The molecule has 13 heteroatoms. The molecule has 1 saturated heterocycles. The first kappa shape index (κ1) is 35.1. The molecule has 13 nitrogen and oxygen atoms in total. The number of nitrogens with two attached hydrogens (primary N) is 1. The first-order valence-corrected chi connectivity index (χ1v) is 14.6. The number of benzene rings is 1. The van der Waals surface area contributed by atoms with Crippen molar-refractivity contribution in [3.8, 4) is 6.07 Å². The molecule has 0 saturated carbocycles. The molecule has 1 fully saturated rings. The average molecular weight is 623 g/mol. The largest absolute Gasteiger partial charge is 0.463 e. The van der Waals surface area contributed by atoms with E-state index in [0.29, 0.717) is 0 Å². The van der Waals surface area contributed by atoms with Gasteiger partial charge in [0, 0.05) is 5.92 Å². The number of H-pyrrole nitrogens is 1. The highest BCUT2D eigenvalue weighted by atomic mass is 16.6. The third kappa shape index (κ3) is 8.21. The van der Waals surface area contributed by atoms with Gasteiger partial charge in [-0.2, -0.15) is 5.26 Å². The first-order chi connectivity index (χ1) is 21.1. The number of aromatic amines is 1. The Morgan fingerprint density at radius 2 is 1.89 bits per heavy atom. The summed E-state index contributed by atoms with van der Waals surface area (Å²) in [4.78, 5) is 45.3. The van der Waals surface area contributed by atoms with E-state index in [-0.39, 0.29) is 41.4 Å². The van der Waals surface area contributed by atoms with Crippen molar-refractivity contribution in [3.63, 3.8) is 0 Å². The summed E-state index contributed by atoms with van der Waals surface area (Å²) in [6.07, 6.45) is -3.71. The van der Waals surface area contributed by atoms with Gasteiger partial charge in [0.25, 0.3) is 0 Å². The number of amides is 1. The van der Waals surface area contributed by atoms with Gasteiger partial charge in [0.2, 0.25) is 11.5 Å². The number of carbonyl (C=O) groups is 3. The maximum Gasteiger partial charge on any atom is 0.323 e. The van der Waals surface area contributed by atoms with Crippen molar-refractivity contribution in [1.82, 2.24) is 10.3 Å². The topological polar surface area (TPSA) is 213 Å². The molecule has 0 aliphatic carbocycles. The maximum atomic E-state index is 13.0. The van der Waals surface area contributed by atoms with Gasteiger partial charge in [-0.05, 0) is 29.0 Å². The molecule has 45 heavy (non-hydrogen) atoms. The lowest BCUT2D eigenvalue weighted by Crippen LogP contribution is -2.49. The zero-order valence-electron chi connectivity index (χ0n) is 26.4. The molecule has 0 spiro atoms. The standard InChI is InChI=1S/C32H42N6O7/c1-18(2)19(3)29(41)38-28(36-17-34)21-12-13-23(37-21)32(16-33)27(40)25(44-30(42)26(35)31(4,5)6)22(45-32)15-43-24(39)14-20-10-8-7-9-11-20/h7-13,17-19,22,25-27,37,40H,14-15,35H2,1-6H3,(H2,34,36,38,41)/t19-,22-,25-,26-,27-,32+/m1/s1. The van der Waals surface area contributed by atoms with Crippen LogP contribution in [0.1, 0.15) is 58.5 Å². The number of nitriles is 1. The van der Waals surface area contributed by atoms with Gasteiger partial charge >= 0.3 is 11.9 Å². The van der Waals surface area contributed by atoms with Gasteiger partial charge in [0.15, 0.2) is 11.9 Å². The lowest BCUT2D eigenvalue weighted by molar-refractivity contribution is -0.163. The van der Waals surface area contributed by atoms with Gasteiger partial charge in [0.05, 0.1) is 17.8 Å². The van der Waals surface area contributed by atoms with Gasteiger partial charge in [-0.3, -0.25) is 19.8 Å². The van der Waals surface area contributed by atoms with Crippen molar-refractivity contribution in [1.29, 1.82) is 10.7 Å². The Labute approximate surface area is 262 Å². The van der Waals surface area contributed by atoms with Crippen LogP contribution in [0.3, 0.4) is 0 Å². The Balaban J connectivity index is 1.92. The summed E-state index contributed by atoms with van der Waals surface area (Å²) >= 11 is 0. The molecule has 1 aromatic carbocycles. The van der Waals surface area contributed by atoms with Crippen molar-refractivity contribution >= 4 is 30.0 Å². The summed E-state index contributed by atoms with van der Waals surface area (Å²) in [5, 5.41) is 32.0. The highest BCUT2D eigenvalue weighted by Gasteiger charge is 2.59. The smallest absolute Gasteiger partial charge is 0.323 e. The minimum atomic E-state index is -2.11. The van der Waals surface area contributed by atoms with Crippen LogP contribution in [0.2, 0.25) is 0 Å². The molecular weight excluding hydrogens is 580 g/mol. The number of hydrogen-bond acceptors (Lipinski definition) is 10. The number of nitrogens with zero attached hydrogens (tertiary/aromatic N) is 2. The molecule has 1 aromatic heterocycles. The zero-order chi connectivity index (χ0) is 33.5. The van der Waals surface area contributed by atoms with E-state index in [1.807, 2.05) is 26.0 Å². The van der Waals surface area contributed by atoms with E-state index in [1.54, 1.807) is 52.0 Å². The number of carbonyl (C=O) groups excluding carboxylic acids is 3. The quantitative estimate of drug-likeness (QED) is 0.141.